The first-order valence-electron chi connectivity index (χ1n) is 7.65. The Bertz CT molecular complexity index is 719. The molecule has 0 aliphatic heterocycles. The van der Waals surface area contributed by atoms with Crippen LogP contribution in [0.15, 0.2) is 77.3 Å². The number of halogens is 2. The molecule has 0 aromatic heterocycles. The Kier molecular flexibility index (Phi) is 5.49. The summed E-state index contributed by atoms with van der Waals surface area (Å²) < 4.78 is 19.9. The Morgan fingerprint density at radius 1 is 0.875 bits per heavy atom. The Labute approximate surface area is 149 Å². The second-order valence-corrected chi connectivity index (χ2v) is 6.30. The van der Waals surface area contributed by atoms with Crippen molar-refractivity contribution in [3.05, 3.63) is 94.2 Å². The van der Waals surface area contributed by atoms with Crippen molar-refractivity contribution in [3.8, 4) is 5.75 Å². The molecule has 0 bridgehead atoms. The molecule has 0 fully saturated rings. The van der Waals surface area contributed by atoms with Crippen LogP contribution in [0.4, 0.5) is 10.1 Å². The quantitative estimate of drug-likeness (QED) is 0.580. The second kappa shape index (κ2) is 7.97. The van der Waals surface area contributed by atoms with Crippen LogP contribution in [0.2, 0.25) is 0 Å². The van der Waals surface area contributed by atoms with E-state index in [-0.39, 0.29) is 5.82 Å². The number of para-hydroxylation sites is 1. The third-order valence-electron chi connectivity index (χ3n) is 3.61. The maximum atomic E-state index is 12.9. The van der Waals surface area contributed by atoms with Crippen molar-refractivity contribution in [2.45, 2.75) is 13.2 Å². The molecule has 24 heavy (non-hydrogen) atoms. The monoisotopic (exact) mass is 385 g/mol. The number of benzene rings is 3. The first-order chi connectivity index (χ1) is 11.7. The Hall–Kier alpha value is -2.33. The molecule has 4 heteroatoms. The van der Waals surface area contributed by atoms with Crippen LogP contribution in [0.1, 0.15) is 11.1 Å². The standard InChI is InChI=1S/C20H17BrFNO/c21-17-7-11-19(12-8-17)23-13-16-3-1-2-4-20(16)24-14-15-5-9-18(22)10-6-15/h1-12,23H,13-14H2. The largest absolute Gasteiger partial charge is 0.489 e. The van der Waals surface area contributed by atoms with E-state index >= 15 is 0 Å². The molecule has 0 spiro atoms. The van der Waals surface area contributed by atoms with Gasteiger partial charge in [0.1, 0.15) is 18.2 Å². The molecular formula is C20H17BrFNO. The van der Waals surface area contributed by atoms with Gasteiger partial charge in [-0.25, -0.2) is 4.39 Å². The fourth-order valence-corrected chi connectivity index (χ4v) is 2.56. The summed E-state index contributed by atoms with van der Waals surface area (Å²) in [5, 5.41) is 3.38. The van der Waals surface area contributed by atoms with Gasteiger partial charge in [-0.05, 0) is 48.0 Å². The van der Waals surface area contributed by atoms with Crippen LogP contribution in [0, 0.1) is 5.82 Å². The topological polar surface area (TPSA) is 21.3 Å². The molecule has 0 saturated carbocycles. The third kappa shape index (κ3) is 4.59. The van der Waals surface area contributed by atoms with Crippen molar-refractivity contribution < 1.29 is 9.13 Å². The smallest absolute Gasteiger partial charge is 0.124 e. The molecule has 1 N–H and O–H groups in total. The van der Waals surface area contributed by atoms with E-state index in [4.69, 9.17) is 4.74 Å². The van der Waals surface area contributed by atoms with Crippen LogP contribution >= 0.6 is 15.9 Å². The molecule has 0 aliphatic carbocycles. The number of rotatable bonds is 6. The molecule has 3 aromatic rings. The molecule has 122 valence electrons. The predicted molar refractivity (Wildman–Crippen MR) is 98.6 cm³/mol. The molecule has 0 heterocycles. The summed E-state index contributed by atoms with van der Waals surface area (Å²) in [5.41, 5.74) is 3.06. The number of nitrogens with one attached hydrogen (secondary N) is 1. The van der Waals surface area contributed by atoms with Gasteiger partial charge in [0.25, 0.3) is 0 Å². The van der Waals surface area contributed by atoms with E-state index < -0.39 is 0 Å². The SMILES string of the molecule is Fc1ccc(COc2ccccc2CNc2ccc(Br)cc2)cc1. The van der Waals surface area contributed by atoms with E-state index in [1.54, 1.807) is 12.1 Å². The lowest BCUT2D eigenvalue weighted by Gasteiger charge is -2.13. The lowest BCUT2D eigenvalue weighted by molar-refractivity contribution is 0.303. The van der Waals surface area contributed by atoms with Crippen molar-refractivity contribution in [1.82, 2.24) is 0 Å². The van der Waals surface area contributed by atoms with Gasteiger partial charge in [0.15, 0.2) is 0 Å². The van der Waals surface area contributed by atoms with Gasteiger partial charge < -0.3 is 10.1 Å². The molecule has 0 unspecified atom stereocenters. The second-order valence-electron chi connectivity index (χ2n) is 5.38. The molecule has 0 aliphatic rings. The molecular weight excluding hydrogens is 369 g/mol. The summed E-state index contributed by atoms with van der Waals surface area (Å²) >= 11 is 3.43. The first-order valence-corrected chi connectivity index (χ1v) is 8.44. The summed E-state index contributed by atoms with van der Waals surface area (Å²) in [6.45, 7) is 1.08. The van der Waals surface area contributed by atoms with E-state index in [1.165, 1.54) is 12.1 Å². The zero-order valence-corrected chi connectivity index (χ0v) is 14.6. The average molecular weight is 386 g/mol. The molecule has 3 rings (SSSR count). The molecule has 0 atom stereocenters. The van der Waals surface area contributed by atoms with E-state index in [2.05, 4.69) is 21.2 Å². The van der Waals surface area contributed by atoms with Gasteiger partial charge in [0, 0.05) is 22.3 Å². The summed E-state index contributed by atoms with van der Waals surface area (Å²) in [6, 6.07) is 22.3. The van der Waals surface area contributed by atoms with Crippen molar-refractivity contribution in [2.75, 3.05) is 5.32 Å². The lowest BCUT2D eigenvalue weighted by atomic mass is 10.2. The fraction of sp³-hybridized carbons (Fsp3) is 0.100. The normalized spacial score (nSPS) is 10.4. The minimum atomic E-state index is -0.238. The van der Waals surface area contributed by atoms with Crippen molar-refractivity contribution in [2.24, 2.45) is 0 Å². The third-order valence-corrected chi connectivity index (χ3v) is 4.14. The van der Waals surface area contributed by atoms with Crippen LogP contribution in [0.5, 0.6) is 5.75 Å². The number of ether oxygens (including phenoxy) is 1. The summed E-state index contributed by atoms with van der Waals surface area (Å²) in [5.74, 6) is 0.587. The van der Waals surface area contributed by atoms with Gasteiger partial charge in [-0.1, -0.05) is 46.3 Å². The first kappa shape index (κ1) is 16.5. The lowest BCUT2D eigenvalue weighted by Crippen LogP contribution is -2.03. The number of hydrogen-bond donors (Lipinski definition) is 1. The maximum Gasteiger partial charge on any atom is 0.124 e. The van der Waals surface area contributed by atoms with Gasteiger partial charge >= 0.3 is 0 Å². The van der Waals surface area contributed by atoms with E-state index in [1.807, 2.05) is 48.5 Å². The molecule has 3 aromatic carbocycles. The Balaban J connectivity index is 1.64. The van der Waals surface area contributed by atoms with Crippen molar-refractivity contribution >= 4 is 21.6 Å². The van der Waals surface area contributed by atoms with E-state index in [0.29, 0.717) is 13.2 Å². The maximum absolute atomic E-state index is 12.9. The number of anilines is 1. The zero-order valence-electron chi connectivity index (χ0n) is 13.0. The van der Waals surface area contributed by atoms with Crippen LogP contribution < -0.4 is 10.1 Å². The number of hydrogen-bond acceptors (Lipinski definition) is 2. The average Bonchev–Trinajstić information content (AvgIpc) is 2.61. The predicted octanol–water partition coefficient (Wildman–Crippen LogP) is 5.78. The molecule has 2 nitrogen and oxygen atoms in total. The van der Waals surface area contributed by atoms with E-state index in [9.17, 15) is 4.39 Å². The minimum absolute atomic E-state index is 0.238. The molecule has 0 radical (unpaired) electrons. The highest BCUT2D eigenvalue weighted by Gasteiger charge is 2.04. The van der Waals surface area contributed by atoms with Crippen LogP contribution in [0.3, 0.4) is 0 Å². The van der Waals surface area contributed by atoms with Gasteiger partial charge in [-0.2, -0.15) is 0 Å². The molecule has 0 saturated heterocycles. The summed E-state index contributed by atoms with van der Waals surface area (Å²) in [7, 11) is 0. The van der Waals surface area contributed by atoms with Crippen LogP contribution in [-0.4, -0.2) is 0 Å². The zero-order chi connectivity index (χ0) is 16.8. The van der Waals surface area contributed by atoms with Crippen LogP contribution in [0.25, 0.3) is 0 Å². The van der Waals surface area contributed by atoms with Crippen molar-refractivity contribution in [3.63, 3.8) is 0 Å². The highest BCUT2D eigenvalue weighted by Crippen LogP contribution is 2.21. The molecule has 0 amide bonds. The fourth-order valence-electron chi connectivity index (χ4n) is 2.30. The summed E-state index contributed by atoms with van der Waals surface area (Å²) in [4.78, 5) is 0. The van der Waals surface area contributed by atoms with E-state index in [0.717, 1.165) is 27.0 Å². The highest BCUT2D eigenvalue weighted by atomic mass is 79.9. The minimum Gasteiger partial charge on any atom is -0.489 e. The summed E-state index contributed by atoms with van der Waals surface area (Å²) in [6.07, 6.45) is 0. The van der Waals surface area contributed by atoms with Crippen LogP contribution in [-0.2, 0) is 13.2 Å². The van der Waals surface area contributed by atoms with Gasteiger partial charge in [-0.15, -0.1) is 0 Å². The van der Waals surface area contributed by atoms with Crippen molar-refractivity contribution in [1.29, 1.82) is 0 Å². The van der Waals surface area contributed by atoms with Gasteiger partial charge in [0.05, 0.1) is 0 Å². The highest BCUT2D eigenvalue weighted by molar-refractivity contribution is 9.10. The Morgan fingerprint density at radius 2 is 1.58 bits per heavy atom. The van der Waals surface area contributed by atoms with Gasteiger partial charge in [-0.3, -0.25) is 0 Å². The van der Waals surface area contributed by atoms with Gasteiger partial charge in [0.2, 0.25) is 0 Å². The Morgan fingerprint density at radius 3 is 2.33 bits per heavy atom.